The predicted octanol–water partition coefficient (Wildman–Crippen LogP) is 2.83. The normalized spacial score (nSPS) is 10.8. The summed E-state index contributed by atoms with van der Waals surface area (Å²) in [5.41, 5.74) is 2.68. The van der Waals surface area contributed by atoms with Crippen LogP contribution in [-0.2, 0) is 24.3 Å². The topological polar surface area (TPSA) is 91.2 Å². The number of hydrogen-bond donors (Lipinski definition) is 1. The highest BCUT2D eigenvalue weighted by Crippen LogP contribution is 2.29. The number of halogens is 2. The molecule has 3 rings (SSSR count). The fourth-order valence-electron chi connectivity index (χ4n) is 2.72. The number of tetrazole rings is 1. The van der Waals surface area contributed by atoms with Gasteiger partial charge < -0.3 is 14.8 Å². The first-order valence-corrected chi connectivity index (χ1v) is 9.24. The van der Waals surface area contributed by atoms with Crippen LogP contribution in [0.15, 0.2) is 42.5 Å². The van der Waals surface area contributed by atoms with Crippen molar-refractivity contribution in [1.29, 1.82) is 0 Å². The molecule has 1 amide bonds. The zero-order valence-corrected chi connectivity index (χ0v) is 16.5. The van der Waals surface area contributed by atoms with Crippen LogP contribution < -0.4 is 14.8 Å². The third-order valence-electron chi connectivity index (χ3n) is 4.29. The van der Waals surface area contributed by atoms with Crippen LogP contribution in [0.4, 0.5) is 8.78 Å². The number of methoxy groups -OCH3 is 1. The average Bonchev–Trinajstić information content (AvgIpc) is 3.21. The number of carbonyl (C=O) groups is 1. The number of nitrogens with zero attached hydrogens (tertiary/aromatic N) is 4. The highest BCUT2D eigenvalue weighted by Gasteiger charge is 2.12. The molecule has 0 fully saturated rings. The summed E-state index contributed by atoms with van der Waals surface area (Å²) in [5.74, 6) is 0.185. The standard InChI is InChI=1S/C20H21F2N5O3/c1-3-13-4-7-15(8-5-13)19-24-26-27(25-19)12-18(28)23-11-14-6-9-16(30-20(21)22)17(10-14)29-2/h4-10,20H,3,11-12H2,1-2H3,(H,23,28). The number of aryl methyl sites for hydroxylation is 1. The maximum atomic E-state index is 12.4. The lowest BCUT2D eigenvalue weighted by atomic mass is 10.1. The third-order valence-corrected chi connectivity index (χ3v) is 4.29. The summed E-state index contributed by atoms with van der Waals surface area (Å²) < 4.78 is 34.2. The smallest absolute Gasteiger partial charge is 0.387 e. The van der Waals surface area contributed by atoms with Gasteiger partial charge in [0.1, 0.15) is 6.54 Å². The van der Waals surface area contributed by atoms with Crippen molar-refractivity contribution >= 4 is 5.91 Å². The molecule has 0 unspecified atom stereocenters. The van der Waals surface area contributed by atoms with Crippen LogP contribution in [0, 0.1) is 0 Å². The van der Waals surface area contributed by atoms with E-state index in [-0.39, 0.29) is 30.5 Å². The van der Waals surface area contributed by atoms with Gasteiger partial charge >= 0.3 is 6.61 Å². The minimum Gasteiger partial charge on any atom is -0.493 e. The van der Waals surface area contributed by atoms with Crippen molar-refractivity contribution in [1.82, 2.24) is 25.5 Å². The molecule has 1 aromatic heterocycles. The minimum absolute atomic E-state index is 0.0751. The van der Waals surface area contributed by atoms with Crippen LogP contribution in [0.1, 0.15) is 18.1 Å². The van der Waals surface area contributed by atoms with Crippen molar-refractivity contribution in [3.8, 4) is 22.9 Å². The number of aromatic nitrogens is 4. The molecular formula is C20H21F2N5O3. The number of alkyl halides is 2. The molecule has 0 atom stereocenters. The number of benzene rings is 2. The Labute approximate surface area is 171 Å². The van der Waals surface area contributed by atoms with Crippen molar-refractivity contribution in [2.24, 2.45) is 0 Å². The van der Waals surface area contributed by atoms with Gasteiger partial charge in [0.05, 0.1) is 7.11 Å². The summed E-state index contributed by atoms with van der Waals surface area (Å²) in [6, 6.07) is 12.3. The van der Waals surface area contributed by atoms with E-state index in [1.165, 1.54) is 29.6 Å². The van der Waals surface area contributed by atoms with Crippen LogP contribution in [0.3, 0.4) is 0 Å². The van der Waals surface area contributed by atoms with E-state index in [1.807, 2.05) is 24.3 Å². The Morgan fingerprint density at radius 3 is 2.53 bits per heavy atom. The number of rotatable bonds is 9. The molecule has 3 aromatic rings. The van der Waals surface area contributed by atoms with Crippen molar-refractivity contribution in [2.45, 2.75) is 33.0 Å². The Hall–Kier alpha value is -3.56. The molecule has 0 saturated heterocycles. The molecule has 0 saturated carbocycles. The summed E-state index contributed by atoms with van der Waals surface area (Å²) >= 11 is 0. The van der Waals surface area contributed by atoms with Gasteiger partial charge in [-0.15, -0.1) is 10.2 Å². The van der Waals surface area contributed by atoms with Crippen molar-refractivity contribution in [3.05, 3.63) is 53.6 Å². The molecule has 1 heterocycles. The molecule has 2 aromatic carbocycles. The van der Waals surface area contributed by atoms with E-state index in [0.29, 0.717) is 11.4 Å². The van der Waals surface area contributed by atoms with Crippen LogP contribution in [0.25, 0.3) is 11.4 Å². The summed E-state index contributed by atoms with van der Waals surface area (Å²) in [6.45, 7) is -0.813. The Kier molecular flexibility index (Phi) is 6.89. The van der Waals surface area contributed by atoms with Gasteiger partial charge in [-0.3, -0.25) is 4.79 Å². The number of ether oxygens (including phenoxy) is 2. The van der Waals surface area contributed by atoms with Crippen molar-refractivity contribution in [3.63, 3.8) is 0 Å². The Morgan fingerprint density at radius 1 is 1.13 bits per heavy atom. The van der Waals surface area contributed by atoms with Gasteiger partial charge in [-0.1, -0.05) is 37.3 Å². The monoisotopic (exact) mass is 417 g/mol. The molecule has 0 aliphatic rings. The molecule has 1 N–H and O–H groups in total. The Bertz CT molecular complexity index is 992. The maximum Gasteiger partial charge on any atom is 0.387 e. The number of nitrogens with one attached hydrogen (secondary N) is 1. The number of hydrogen-bond acceptors (Lipinski definition) is 6. The summed E-state index contributed by atoms with van der Waals surface area (Å²) in [6.07, 6.45) is 0.939. The third kappa shape index (κ3) is 5.49. The van der Waals surface area contributed by atoms with Crippen LogP contribution >= 0.6 is 0 Å². The van der Waals surface area contributed by atoms with E-state index in [4.69, 9.17) is 4.74 Å². The van der Waals surface area contributed by atoms with E-state index in [0.717, 1.165) is 12.0 Å². The lowest BCUT2D eigenvalue weighted by molar-refractivity contribution is -0.122. The van der Waals surface area contributed by atoms with Gasteiger partial charge in [0, 0.05) is 12.1 Å². The SMILES string of the molecule is CCc1ccc(-c2nnn(CC(=O)NCc3ccc(OC(F)F)c(OC)c3)n2)cc1. The zero-order chi connectivity index (χ0) is 21.5. The van der Waals surface area contributed by atoms with E-state index in [9.17, 15) is 13.6 Å². The van der Waals surface area contributed by atoms with Gasteiger partial charge in [-0.2, -0.15) is 13.6 Å². The quantitative estimate of drug-likeness (QED) is 0.576. The minimum atomic E-state index is -2.95. The molecule has 0 radical (unpaired) electrons. The lowest BCUT2D eigenvalue weighted by Gasteiger charge is -2.11. The fraction of sp³-hybridized carbons (Fsp3) is 0.300. The largest absolute Gasteiger partial charge is 0.493 e. The van der Waals surface area contributed by atoms with E-state index >= 15 is 0 Å². The lowest BCUT2D eigenvalue weighted by Crippen LogP contribution is -2.28. The highest BCUT2D eigenvalue weighted by molar-refractivity contribution is 5.75. The van der Waals surface area contributed by atoms with Crippen LogP contribution in [0.2, 0.25) is 0 Å². The Balaban J connectivity index is 1.56. The first kappa shape index (κ1) is 21.2. The summed E-state index contributed by atoms with van der Waals surface area (Å²) in [4.78, 5) is 13.4. The molecule has 30 heavy (non-hydrogen) atoms. The van der Waals surface area contributed by atoms with Crippen LogP contribution in [-0.4, -0.2) is 39.8 Å². The van der Waals surface area contributed by atoms with Gasteiger partial charge in [0.15, 0.2) is 11.5 Å². The molecule has 0 aliphatic carbocycles. The first-order chi connectivity index (χ1) is 14.5. The molecule has 8 nitrogen and oxygen atoms in total. The van der Waals surface area contributed by atoms with Gasteiger partial charge in [-0.25, -0.2) is 0 Å². The average molecular weight is 417 g/mol. The van der Waals surface area contributed by atoms with Gasteiger partial charge in [0.25, 0.3) is 0 Å². The zero-order valence-electron chi connectivity index (χ0n) is 16.5. The van der Waals surface area contributed by atoms with E-state index in [1.54, 1.807) is 6.07 Å². The second-order valence-corrected chi connectivity index (χ2v) is 6.33. The fourth-order valence-corrected chi connectivity index (χ4v) is 2.72. The van der Waals surface area contributed by atoms with Crippen molar-refractivity contribution in [2.75, 3.05) is 7.11 Å². The summed E-state index contributed by atoms with van der Waals surface area (Å²) in [5, 5.41) is 14.8. The van der Waals surface area contributed by atoms with Crippen molar-refractivity contribution < 1.29 is 23.0 Å². The molecule has 10 heteroatoms. The van der Waals surface area contributed by atoms with E-state index < -0.39 is 6.61 Å². The van der Waals surface area contributed by atoms with Crippen LogP contribution in [0.5, 0.6) is 11.5 Å². The Morgan fingerprint density at radius 2 is 1.87 bits per heavy atom. The number of amides is 1. The molecule has 0 aliphatic heterocycles. The molecule has 158 valence electrons. The molecule has 0 bridgehead atoms. The van der Waals surface area contributed by atoms with Gasteiger partial charge in [-0.05, 0) is 34.9 Å². The van der Waals surface area contributed by atoms with Gasteiger partial charge in [0.2, 0.25) is 11.7 Å². The maximum absolute atomic E-state index is 12.4. The number of carbonyl (C=O) groups excluding carboxylic acids is 1. The van der Waals surface area contributed by atoms with E-state index in [2.05, 4.69) is 32.4 Å². The summed E-state index contributed by atoms with van der Waals surface area (Å²) in [7, 11) is 1.35. The molecule has 0 spiro atoms. The second kappa shape index (κ2) is 9.77. The predicted molar refractivity (Wildman–Crippen MR) is 104 cm³/mol. The first-order valence-electron chi connectivity index (χ1n) is 9.24. The molecular weight excluding hydrogens is 396 g/mol. The highest BCUT2D eigenvalue weighted by atomic mass is 19.3. The second-order valence-electron chi connectivity index (χ2n) is 6.33.